The van der Waals surface area contributed by atoms with Crippen molar-refractivity contribution < 1.29 is 14.4 Å². The van der Waals surface area contributed by atoms with E-state index in [1.54, 1.807) is 0 Å². The Hall–Kier alpha value is -2.26. The highest BCUT2D eigenvalue weighted by atomic mass is 32.2. The minimum atomic E-state index is -0.282. The Bertz CT molecular complexity index is 936. The second-order valence-electron chi connectivity index (χ2n) is 7.45. The number of rotatable bonds is 3. The van der Waals surface area contributed by atoms with Crippen LogP contribution < -0.4 is 0 Å². The van der Waals surface area contributed by atoms with E-state index in [1.165, 1.54) is 11.8 Å². The van der Waals surface area contributed by atoms with E-state index in [2.05, 4.69) is 17.2 Å². The summed E-state index contributed by atoms with van der Waals surface area (Å²) < 4.78 is 5.62. The molecule has 1 aliphatic carbocycles. The Morgan fingerprint density at radius 2 is 1.82 bits per heavy atom. The van der Waals surface area contributed by atoms with Gasteiger partial charge in [0.15, 0.2) is 0 Å². The topological polar surface area (TPSA) is 38.8 Å². The van der Waals surface area contributed by atoms with Crippen LogP contribution in [-0.4, -0.2) is 29.3 Å². The Morgan fingerprint density at radius 1 is 1.04 bits per heavy atom. The fourth-order valence-corrected chi connectivity index (χ4v) is 5.02. The van der Waals surface area contributed by atoms with Crippen LogP contribution in [0.15, 0.2) is 59.5 Å². The minimum Gasteiger partial charge on any atom is -0.461 e. The van der Waals surface area contributed by atoms with Crippen LogP contribution in [0.2, 0.25) is 0 Å². The van der Waals surface area contributed by atoms with Crippen LogP contribution in [0.5, 0.6) is 0 Å². The summed E-state index contributed by atoms with van der Waals surface area (Å²) in [4.78, 5) is 19.7. The first-order valence-electron chi connectivity index (χ1n) is 9.74. The molecule has 142 valence electrons. The zero-order valence-electron chi connectivity index (χ0n) is 15.4. The van der Waals surface area contributed by atoms with Gasteiger partial charge in [-0.15, -0.1) is 0 Å². The van der Waals surface area contributed by atoms with Crippen molar-refractivity contribution in [3.8, 4) is 11.2 Å². The molecule has 2 aromatic rings. The predicted octanol–water partition coefficient (Wildman–Crippen LogP) is 4.00. The van der Waals surface area contributed by atoms with Crippen LogP contribution in [0.1, 0.15) is 30.4 Å². The third-order valence-corrected chi connectivity index (χ3v) is 6.44. The van der Waals surface area contributed by atoms with Gasteiger partial charge in [-0.05, 0) is 60.0 Å². The van der Waals surface area contributed by atoms with E-state index in [4.69, 9.17) is 9.57 Å². The van der Waals surface area contributed by atoms with Crippen LogP contribution in [0.3, 0.4) is 0 Å². The second kappa shape index (κ2) is 7.63. The molecule has 28 heavy (non-hydrogen) atoms. The first-order valence-corrected chi connectivity index (χ1v) is 10.6. The van der Waals surface area contributed by atoms with E-state index >= 15 is 0 Å². The fourth-order valence-electron chi connectivity index (χ4n) is 4.45. The van der Waals surface area contributed by atoms with Crippen LogP contribution in [-0.2, 0) is 20.9 Å². The van der Waals surface area contributed by atoms with Gasteiger partial charge in [-0.1, -0.05) is 42.3 Å². The Kier molecular flexibility index (Phi) is 4.86. The smallest absolute Gasteiger partial charge is 0.326 e. The van der Waals surface area contributed by atoms with Gasteiger partial charge in [-0.2, -0.15) is 5.06 Å². The van der Waals surface area contributed by atoms with Crippen molar-refractivity contribution in [1.29, 1.82) is 0 Å². The van der Waals surface area contributed by atoms with Crippen molar-refractivity contribution in [2.45, 2.75) is 49.0 Å². The van der Waals surface area contributed by atoms with Crippen molar-refractivity contribution in [2.24, 2.45) is 5.92 Å². The lowest BCUT2D eigenvalue weighted by Gasteiger charge is -2.26. The molecular weight excluding hydrogens is 370 g/mol. The lowest BCUT2D eigenvalue weighted by Crippen LogP contribution is -2.36. The van der Waals surface area contributed by atoms with Gasteiger partial charge < -0.3 is 4.74 Å². The molecule has 3 fully saturated rings. The number of carbonyl (C=O) groups is 1. The van der Waals surface area contributed by atoms with Gasteiger partial charge >= 0.3 is 5.97 Å². The summed E-state index contributed by atoms with van der Waals surface area (Å²) in [6, 6.07) is 17.9. The molecule has 0 amide bonds. The molecule has 0 bridgehead atoms. The molecule has 5 heteroatoms. The fraction of sp³-hybridized carbons (Fsp3) is 0.348. The maximum Gasteiger partial charge on any atom is 0.326 e. The van der Waals surface area contributed by atoms with Crippen molar-refractivity contribution in [3.63, 3.8) is 0 Å². The van der Waals surface area contributed by atoms with Crippen molar-refractivity contribution in [1.82, 2.24) is 5.06 Å². The molecule has 2 aliphatic heterocycles. The summed E-state index contributed by atoms with van der Waals surface area (Å²) in [5.41, 5.74) is 2.03. The summed E-state index contributed by atoms with van der Waals surface area (Å²) in [5.74, 6) is 3.31. The summed E-state index contributed by atoms with van der Waals surface area (Å²) in [6.07, 6.45) is 3.14. The largest absolute Gasteiger partial charge is 0.461 e. The highest BCUT2D eigenvalue weighted by molar-refractivity contribution is 8.03. The average Bonchev–Trinajstić information content (AvgIpc) is 3.26. The molecule has 0 N–H and O–H groups in total. The number of carbonyl (C=O) groups excluding carboxylic acids is 1. The van der Waals surface area contributed by atoms with Crippen molar-refractivity contribution >= 4 is 17.7 Å². The van der Waals surface area contributed by atoms with Gasteiger partial charge in [0.1, 0.15) is 12.1 Å². The molecule has 5 rings (SSSR count). The zero-order valence-corrected chi connectivity index (χ0v) is 16.2. The molecule has 1 saturated carbocycles. The minimum absolute atomic E-state index is 0.0264. The van der Waals surface area contributed by atoms with Gasteiger partial charge in [0, 0.05) is 10.5 Å². The van der Waals surface area contributed by atoms with E-state index < -0.39 is 0 Å². The van der Waals surface area contributed by atoms with E-state index in [0.717, 1.165) is 35.3 Å². The first-order chi connectivity index (χ1) is 13.8. The molecule has 0 aromatic heterocycles. The third kappa shape index (κ3) is 3.33. The molecule has 3 aliphatic rings. The van der Waals surface area contributed by atoms with E-state index in [0.29, 0.717) is 6.54 Å². The number of hydroxylamine groups is 2. The highest BCUT2D eigenvalue weighted by Crippen LogP contribution is 2.45. The first kappa shape index (κ1) is 17.8. The molecule has 2 aromatic carbocycles. The molecule has 4 unspecified atom stereocenters. The number of hydrogen-bond donors (Lipinski definition) is 0. The maximum atomic E-state index is 12.4. The monoisotopic (exact) mass is 391 g/mol. The van der Waals surface area contributed by atoms with E-state index in [9.17, 15) is 4.79 Å². The normalized spacial score (nSPS) is 28.4. The van der Waals surface area contributed by atoms with E-state index in [-0.39, 0.29) is 30.1 Å². The van der Waals surface area contributed by atoms with Gasteiger partial charge in [0.25, 0.3) is 0 Å². The number of hydrogen-bond acceptors (Lipinski definition) is 5. The summed E-state index contributed by atoms with van der Waals surface area (Å²) in [7, 11) is 0. The van der Waals surface area contributed by atoms with Gasteiger partial charge in [-0.25, -0.2) is 0 Å². The molecule has 4 atom stereocenters. The third-order valence-electron chi connectivity index (χ3n) is 5.73. The highest BCUT2D eigenvalue weighted by Gasteiger charge is 2.58. The van der Waals surface area contributed by atoms with Gasteiger partial charge in [0.2, 0.25) is 0 Å². The molecule has 2 heterocycles. The van der Waals surface area contributed by atoms with Crippen molar-refractivity contribution in [3.05, 3.63) is 65.7 Å². The molecule has 0 radical (unpaired) electrons. The summed E-state index contributed by atoms with van der Waals surface area (Å²) in [5, 5.41) is 5.03. The maximum absolute atomic E-state index is 12.4. The summed E-state index contributed by atoms with van der Waals surface area (Å²) >= 11 is 1.52. The van der Waals surface area contributed by atoms with Crippen LogP contribution >= 0.6 is 11.8 Å². The SMILES string of the molecule is O=C1OC2CCCC3ON(Cc4ccccc4C#CSc4ccccc4)C1C23. The number of benzene rings is 2. The van der Waals surface area contributed by atoms with Crippen molar-refractivity contribution in [2.75, 3.05) is 0 Å². The standard InChI is InChI=1S/C23H21NO3S/c25-23-22-21-19(26-23)11-6-12-20(21)27-24(22)15-17-8-5-4-7-16(17)13-14-28-18-9-2-1-3-10-18/h1-5,7-10,19-22H,6,11-12,15H2. The average molecular weight is 391 g/mol. The predicted molar refractivity (Wildman–Crippen MR) is 107 cm³/mol. The van der Waals surface area contributed by atoms with Gasteiger partial charge in [0.05, 0.1) is 18.6 Å². The number of thioether (sulfide) groups is 1. The number of nitrogens with zero attached hydrogens (tertiary/aromatic N) is 1. The summed E-state index contributed by atoms with van der Waals surface area (Å²) in [6.45, 7) is 0.542. The number of esters is 1. The lowest BCUT2D eigenvalue weighted by atomic mass is 9.82. The van der Waals surface area contributed by atoms with Crippen LogP contribution in [0, 0.1) is 17.1 Å². The molecule has 2 saturated heterocycles. The van der Waals surface area contributed by atoms with Crippen LogP contribution in [0.4, 0.5) is 0 Å². The number of ether oxygens (including phenoxy) is 1. The molecule has 0 spiro atoms. The van der Waals surface area contributed by atoms with Crippen LogP contribution in [0.25, 0.3) is 0 Å². The molecule has 4 nitrogen and oxygen atoms in total. The van der Waals surface area contributed by atoms with Gasteiger partial charge in [-0.3, -0.25) is 9.63 Å². The Labute approximate surface area is 169 Å². The van der Waals surface area contributed by atoms with E-state index in [1.807, 2.05) is 53.6 Å². The quantitative estimate of drug-likeness (QED) is 0.449. The second-order valence-corrected chi connectivity index (χ2v) is 8.33. The molecular formula is C23H21NO3S. The Morgan fingerprint density at radius 3 is 2.71 bits per heavy atom. The zero-order chi connectivity index (χ0) is 18.9. The Balaban J connectivity index is 1.35. The lowest BCUT2D eigenvalue weighted by molar-refractivity contribution is -0.195.